The van der Waals surface area contributed by atoms with Crippen molar-refractivity contribution in [2.45, 2.75) is 46.1 Å². The summed E-state index contributed by atoms with van der Waals surface area (Å²) in [6.45, 7) is 7.30. The highest BCUT2D eigenvalue weighted by molar-refractivity contribution is 5.97. The number of nitro groups is 1. The van der Waals surface area contributed by atoms with Crippen LogP contribution in [0.2, 0.25) is 0 Å². The molecule has 1 fully saturated rings. The number of carbonyl (C=O) groups excluding carboxylic acids is 2. The minimum absolute atomic E-state index is 0.0174. The zero-order valence-electron chi connectivity index (χ0n) is 16.2. The van der Waals surface area contributed by atoms with Gasteiger partial charge in [0.15, 0.2) is 0 Å². The van der Waals surface area contributed by atoms with Crippen LogP contribution >= 0.6 is 0 Å². The second-order valence-electron chi connectivity index (χ2n) is 7.05. The van der Waals surface area contributed by atoms with Crippen LogP contribution in [0.4, 0.5) is 11.4 Å². The van der Waals surface area contributed by atoms with Crippen molar-refractivity contribution in [1.82, 2.24) is 10.2 Å². The van der Waals surface area contributed by atoms with E-state index in [1.54, 1.807) is 19.1 Å². The van der Waals surface area contributed by atoms with Crippen LogP contribution in [0, 0.1) is 10.1 Å². The van der Waals surface area contributed by atoms with Crippen LogP contribution in [-0.4, -0.2) is 53.9 Å². The molecule has 148 valence electrons. The van der Waals surface area contributed by atoms with Crippen molar-refractivity contribution in [3.63, 3.8) is 0 Å². The van der Waals surface area contributed by atoms with Crippen molar-refractivity contribution in [2.75, 3.05) is 31.1 Å². The fourth-order valence-corrected chi connectivity index (χ4v) is 3.26. The summed E-state index contributed by atoms with van der Waals surface area (Å²) < 4.78 is 0. The van der Waals surface area contributed by atoms with Crippen molar-refractivity contribution < 1.29 is 14.5 Å². The van der Waals surface area contributed by atoms with Crippen LogP contribution in [0.3, 0.4) is 0 Å². The first-order chi connectivity index (χ1) is 12.8. The molecule has 0 atom stereocenters. The molecule has 1 aliphatic rings. The Balaban J connectivity index is 2.23. The van der Waals surface area contributed by atoms with Crippen LogP contribution in [-0.2, 0) is 4.79 Å². The molecule has 0 aliphatic carbocycles. The number of anilines is 1. The molecular formula is C19H28N4O4. The Morgan fingerprint density at radius 1 is 1.26 bits per heavy atom. The van der Waals surface area contributed by atoms with Crippen LogP contribution in [0.25, 0.3) is 0 Å². The highest BCUT2D eigenvalue weighted by Crippen LogP contribution is 2.31. The second kappa shape index (κ2) is 9.34. The van der Waals surface area contributed by atoms with E-state index < -0.39 is 4.92 Å². The van der Waals surface area contributed by atoms with Gasteiger partial charge in [-0.15, -0.1) is 0 Å². The molecule has 0 spiro atoms. The number of nitrogens with one attached hydrogen (secondary N) is 1. The lowest BCUT2D eigenvalue weighted by molar-refractivity contribution is -0.384. The molecule has 0 aromatic heterocycles. The first-order valence-corrected chi connectivity index (χ1v) is 9.45. The smallest absolute Gasteiger partial charge is 0.293 e. The standard InChI is InChI=1S/C19H28N4O4/c1-4-21(13-18(24)20-14(2)3)19(25)15-8-9-16(17(12-15)23(26)27)22-10-6-5-7-11-22/h8-9,12,14H,4-7,10-11,13H2,1-3H3,(H,20,24). The minimum atomic E-state index is -0.442. The Labute approximate surface area is 159 Å². The number of nitrogens with zero attached hydrogens (tertiary/aromatic N) is 3. The number of hydrogen-bond acceptors (Lipinski definition) is 5. The lowest BCUT2D eigenvalue weighted by Gasteiger charge is -2.28. The number of amides is 2. The fourth-order valence-electron chi connectivity index (χ4n) is 3.26. The summed E-state index contributed by atoms with van der Waals surface area (Å²) >= 11 is 0. The molecule has 2 rings (SSSR count). The molecule has 8 nitrogen and oxygen atoms in total. The Bertz CT molecular complexity index is 699. The van der Waals surface area contributed by atoms with E-state index in [0.29, 0.717) is 12.2 Å². The van der Waals surface area contributed by atoms with Gasteiger partial charge in [0, 0.05) is 37.3 Å². The van der Waals surface area contributed by atoms with Gasteiger partial charge in [0.05, 0.1) is 11.5 Å². The molecular weight excluding hydrogens is 348 g/mol. The Morgan fingerprint density at radius 3 is 2.48 bits per heavy atom. The molecule has 1 heterocycles. The third-order valence-electron chi connectivity index (χ3n) is 4.57. The number of piperidine rings is 1. The zero-order chi connectivity index (χ0) is 20.0. The van der Waals surface area contributed by atoms with Crippen LogP contribution in [0.15, 0.2) is 18.2 Å². The lowest BCUT2D eigenvalue weighted by Crippen LogP contribution is -2.42. The van der Waals surface area contributed by atoms with Gasteiger partial charge in [0.25, 0.3) is 11.6 Å². The van der Waals surface area contributed by atoms with E-state index in [2.05, 4.69) is 5.32 Å². The Hall–Kier alpha value is -2.64. The molecule has 2 amide bonds. The summed E-state index contributed by atoms with van der Waals surface area (Å²) in [4.78, 5) is 39.3. The van der Waals surface area contributed by atoms with Crippen LogP contribution < -0.4 is 10.2 Å². The summed E-state index contributed by atoms with van der Waals surface area (Å²) in [5.74, 6) is -0.635. The summed E-state index contributed by atoms with van der Waals surface area (Å²) in [7, 11) is 0. The van der Waals surface area contributed by atoms with E-state index in [0.717, 1.165) is 32.4 Å². The molecule has 1 aromatic rings. The molecule has 0 bridgehead atoms. The first kappa shape index (κ1) is 20.7. The fraction of sp³-hybridized carbons (Fsp3) is 0.579. The van der Waals surface area contributed by atoms with Crippen molar-refractivity contribution in [3.8, 4) is 0 Å². The summed E-state index contributed by atoms with van der Waals surface area (Å²) in [5.41, 5.74) is 0.712. The van der Waals surface area contributed by atoms with Crippen molar-refractivity contribution >= 4 is 23.2 Å². The van der Waals surface area contributed by atoms with Gasteiger partial charge in [-0.2, -0.15) is 0 Å². The maximum Gasteiger partial charge on any atom is 0.293 e. The van der Waals surface area contributed by atoms with E-state index >= 15 is 0 Å². The summed E-state index contributed by atoms with van der Waals surface area (Å²) in [5, 5.41) is 14.3. The molecule has 1 aromatic carbocycles. The number of hydrogen-bond donors (Lipinski definition) is 1. The SMILES string of the molecule is CCN(CC(=O)NC(C)C)C(=O)c1ccc(N2CCCCC2)c([N+](=O)[O-])c1. The van der Waals surface area contributed by atoms with Gasteiger partial charge < -0.3 is 15.1 Å². The number of nitro benzene ring substituents is 1. The highest BCUT2D eigenvalue weighted by Gasteiger charge is 2.25. The number of rotatable bonds is 7. The van der Waals surface area contributed by atoms with Gasteiger partial charge in [0.2, 0.25) is 5.91 Å². The van der Waals surface area contributed by atoms with Gasteiger partial charge in [-0.05, 0) is 52.2 Å². The average Bonchev–Trinajstić information content (AvgIpc) is 2.65. The molecule has 1 aliphatic heterocycles. The Morgan fingerprint density at radius 2 is 1.93 bits per heavy atom. The minimum Gasteiger partial charge on any atom is -0.366 e. The highest BCUT2D eigenvalue weighted by atomic mass is 16.6. The topological polar surface area (TPSA) is 95.8 Å². The first-order valence-electron chi connectivity index (χ1n) is 9.45. The monoisotopic (exact) mass is 376 g/mol. The normalized spacial score (nSPS) is 14.1. The van der Waals surface area contributed by atoms with Gasteiger partial charge in [-0.1, -0.05) is 0 Å². The molecule has 1 saturated heterocycles. The molecule has 0 saturated carbocycles. The molecule has 0 unspecified atom stereocenters. The summed E-state index contributed by atoms with van der Waals surface area (Å²) in [6.07, 6.45) is 3.14. The molecule has 1 N–H and O–H groups in total. The molecule has 8 heteroatoms. The Kier molecular flexibility index (Phi) is 7.15. The van der Waals surface area contributed by atoms with E-state index in [-0.39, 0.29) is 35.7 Å². The van der Waals surface area contributed by atoms with E-state index in [9.17, 15) is 19.7 Å². The molecule has 0 radical (unpaired) electrons. The van der Waals surface area contributed by atoms with Gasteiger partial charge in [-0.3, -0.25) is 19.7 Å². The largest absolute Gasteiger partial charge is 0.366 e. The summed E-state index contributed by atoms with van der Waals surface area (Å²) in [6, 6.07) is 4.58. The molecule has 27 heavy (non-hydrogen) atoms. The van der Waals surface area contributed by atoms with Crippen LogP contribution in [0.5, 0.6) is 0 Å². The lowest BCUT2D eigenvalue weighted by atomic mass is 10.1. The van der Waals surface area contributed by atoms with Crippen molar-refractivity contribution in [3.05, 3.63) is 33.9 Å². The number of carbonyl (C=O) groups is 2. The number of likely N-dealkylation sites (N-methyl/N-ethyl adjacent to an activating group) is 1. The van der Waals surface area contributed by atoms with E-state index in [1.807, 2.05) is 18.7 Å². The predicted molar refractivity (Wildman–Crippen MR) is 104 cm³/mol. The van der Waals surface area contributed by atoms with E-state index in [1.165, 1.54) is 11.0 Å². The quantitative estimate of drug-likeness (QED) is 0.583. The van der Waals surface area contributed by atoms with Gasteiger partial charge in [0.1, 0.15) is 5.69 Å². The third-order valence-corrected chi connectivity index (χ3v) is 4.57. The predicted octanol–water partition coefficient (Wildman–Crippen LogP) is 2.57. The maximum atomic E-state index is 12.8. The zero-order valence-corrected chi connectivity index (χ0v) is 16.2. The van der Waals surface area contributed by atoms with Gasteiger partial charge in [-0.25, -0.2) is 0 Å². The number of benzene rings is 1. The average molecular weight is 376 g/mol. The van der Waals surface area contributed by atoms with E-state index in [4.69, 9.17) is 0 Å². The van der Waals surface area contributed by atoms with Gasteiger partial charge >= 0.3 is 0 Å². The van der Waals surface area contributed by atoms with Crippen LogP contribution in [0.1, 0.15) is 50.4 Å². The maximum absolute atomic E-state index is 12.8. The van der Waals surface area contributed by atoms with Crippen molar-refractivity contribution in [2.24, 2.45) is 0 Å². The second-order valence-corrected chi connectivity index (χ2v) is 7.05. The third kappa shape index (κ3) is 5.42. The van der Waals surface area contributed by atoms with Crippen molar-refractivity contribution in [1.29, 1.82) is 0 Å².